The molecule has 1 saturated heterocycles. The van der Waals surface area contributed by atoms with Crippen molar-refractivity contribution in [2.75, 3.05) is 13.1 Å². The predicted octanol–water partition coefficient (Wildman–Crippen LogP) is 3.12. The molecule has 1 atom stereocenters. The Morgan fingerprint density at radius 1 is 1.25 bits per heavy atom. The van der Waals surface area contributed by atoms with Gasteiger partial charge in [0, 0.05) is 11.0 Å². The maximum Gasteiger partial charge on any atom is 0.316 e. The minimum atomic E-state index is -3.58. The van der Waals surface area contributed by atoms with Gasteiger partial charge in [0.15, 0.2) is 0 Å². The molecule has 2 heterocycles. The van der Waals surface area contributed by atoms with Gasteiger partial charge in [-0.15, -0.1) is 0 Å². The van der Waals surface area contributed by atoms with Crippen LogP contribution < -0.4 is 4.74 Å². The lowest BCUT2D eigenvalue weighted by Gasteiger charge is -2.31. The molecule has 3 rings (SSSR count). The van der Waals surface area contributed by atoms with Crippen molar-refractivity contribution < 1.29 is 13.2 Å². The number of nitrogens with zero attached hydrogens (tertiary/aromatic N) is 3. The zero-order valence-electron chi connectivity index (χ0n) is 12.6. The molecule has 0 radical (unpaired) electrons. The van der Waals surface area contributed by atoms with Crippen LogP contribution in [0, 0.1) is 0 Å². The number of hydrogen-bond acceptors (Lipinski definition) is 5. The fourth-order valence-electron chi connectivity index (χ4n) is 2.52. The summed E-state index contributed by atoms with van der Waals surface area (Å²) in [6, 6.07) is 6.99. The van der Waals surface area contributed by atoms with Crippen LogP contribution in [0.4, 0.5) is 0 Å². The van der Waals surface area contributed by atoms with Crippen molar-refractivity contribution in [2.24, 2.45) is 0 Å². The van der Waals surface area contributed by atoms with Gasteiger partial charge in [-0.3, -0.25) is 0 Å². The minimum absolute atomic E-state index is 0.199. The summed E-state index contributed by atoms with van der Waals surface area (Å²) in [5, 5.41) is 0.420. The third-order valence-corrected chi connectivity index (χ3v) is 6.74. The Balaban J connectivity index is 1.75. The molecule has 6 nitrogen and oxygen atoms in total. The molecule has 1 fully saturated rings. The van der Waals surface area contributed by atoms with Gasteiger partial charge in [-0.05, 0) is 40.9 Å². The predicted molar refractivity (Wildman–Crippen MR) is 93.6 cm³/mol. The molecule has 1 unspecified atom stereocenters. The molecule has 0 N–H and O–H groups in total. The van der Waals surface area contributed by atoms with Crippen molar-refractivity contribution in [1.82, 2.24) is 14.3 Å². The Labute approximate surface area is 154 Å². The van der Waals surface area contributed by atoms with Gasteiger partial charge in [0.05, 0.1) is 28.9 Å². The van der Waals surface area contributed by atoms with Gasteiger partial charge in [0.2, 0.25) is 10.0 Å². The average molecular weight is 433 g/mol. The molecule has 0 aliphatic carbocycles. The van der Waals surface area contributed by atoms with Gasteiger partial charge in [-0.25, -0.2) is 18.4 Å². The van der Waals surface area contributed by atoms with Crippen molar-refractivity contribution in [3.63, 3.8) is 0 Å². The quantitative estimate of drug-likeness (QED) is 0.742. The second-order valence-electron chi connectivity index (χ2n) is 5.36. The number of halogens is 2. The lowest BCUT2D eigenvalue weighted by atomic mass is 10.1. The first-order valence-corrected chi connectivity index (χ1v) is 9.97. The maximum absolute atomic E-state index is 12.8. The average Bonchev–Trinajstić information content (AvgIpc) is 2.57. The summed E-state index contributed by atoms with van der Waals surface area (Å²) >= 11 is 9.05. The Kier molecular flexibility index (Phi) is 5.39. The number of rotatable bonds is 4. The molecule has 1 aromatic heterocycles. The zero-order valence-corrected chi connectivity index (χ0v) is 15.8. The van der Waals surface area contributed by atoms with Gasteiger partial charge < -0.3 is 4.74 Å². The molecule has 0 bridgehead atoms. The SMILES string of the molecule is O=S(=O)(c1ccccc1Br)N1CCCC(Oc2ncc(Cl)cn2)C1. The van der Waals surface area contributed by atoms with Gasteiger partial charge >= 0.3 is 6.01 Å². The highest BCUT2D eigenvalue weighted by molar-refractivity contribution is 9.10. The van der Waals surface area contributed by atoms with Crippen LogP contribution in [0.2, 0.25) is 5.02 Å². The second-order valence-corrected chi connectivity index (χ2v) is 8.56. The highest BCUT2D eigenvalue weighted by Crippen LogP contribution is 2.27. The number of hydrogen-bond donors (Lipinski definition) is 0. The maximum atomic E-state index is 12.8. The summed E-state index contributed by atoms with van der Waals surface area (Å²) in [7, 11) is -3.58. The highest BCUT2D eigenvalue weighted by atomic mass is 79.9. The fraction of sp³-hybridized carbons (Fsp3) is 0.333. The van der Waals surface area contributed by atoms with Gasteiger partial charge in [0.1, 0.15) is 6.10 Å². The number of benzene rings is 1. The lowest BCUT2D eigenvalue weighted by Crippen LogP contribution is -2.44. The first-order valence-electron chi connectivity index (χ1n) is 7.36. The van der Waals surface area contributed by atoms with Crippen LogP contribution in [0.1, 0.15) is 12.8 Å². The first-order chi connectivity index (χ1) is 11.5. The first kappa shape index (κ1) is 17.6. The zero-order chi connectivity index (χ0) is 17.2. The molecule has 1 aliphatic rings. The summed E-state index contributed by atoms with van der Waals surface area (Å²) in [6.07, 6.45) is 4.05. The normalized spacial score (nSPS) is 19.2. The van der Waals surface area contributed by atoms with Crippen molar-refractivity contribution in [2.45, 2.75) is 23.8 Å². The van der Waals surface area contributed by atoms with E-state index in [0.717, 1.165) is 6.42 Å². The smallest absolute Gasteiger partial charge is 0.316 e. The van der Waals surface area contributed by atoms with Crippen LogP contribution >= 0.6 is 27.5 Å². The van der Waals surface area contributed by atoms with E-state index in [4.69, 9.17) is 16.3 Å². The number of piperidine rings is 1. The molecule has 24 heavy (non-hydrogen) atoms. The summed E-state index contributed by atoms with van der Waals surface area (Å²) in [4.78, 5) is 8.24. The number of aromatic nitrogens is 2. The monoisotopic (exact) mass is 431 g/mol. The van der Waals surface area contributed by atoms with E-state index in [1.165, 1.54) is 16.7 Å². The van der Waals surface area contributed by atoms with E-state index in [1.807, 2.05) is 0 Å². The third kappa shape index (κ3) is 3.88. The van der Waals surface area contributed by atoms with Crippen LogP contribution in [-0.2, 0) is 10.0 Å². The molecule has 1 aromatic carbocycles. The number of ether oxygens (including phenoxy) is 1. The fourth-order valence-corrected chi connectivity index (χ4v) is 5.09. The Morgan fingerprint density at radius 3 is 2.67 bits per heavy atom. The Bertz CT molecular complexity index is 817. The van der Waals surface area contributed by atoms with E-state index in [9.17, 15) is 8.42 Å². The molecule has 1 aliphatic heterocycles. The van der Waals surface area contributed by atoms with Gasteiger partial charge in [0.25, 0.3) is 0 Å². The van der Waals surface area contributed by atoms with E-state index in [2.05, 4.69) is 25.9 Å². The molecule has 128 valence electrons. The molecular formula is C15H15BrClN3O3S. The topological polar surface area (TPSA) is 72.4 Å². The Hall–Kier alpha value is -1.22. The van der Waals surface area contributed by atoms with Crippen LogP contribution in [0.3, 0.4) is 0 Å². The van der Waals surface area contributed by atoms with Crippen molar-refractivity contribution in [1.29, 1.82) is 0 Å². The Morgan fingerprint density at radius 2 is 1.96 bits per heavy atom. The van der Waals surface area contributed by atoms with Crippen LogP contribution in [0.15, 0.2) is 46.0 Å². The van der Waals surface area contributed by atoms with Crippen molar-refractivity contribution in [3.05, 3.63) is 46.2 Å². The van der Waals surface area contributed by atoms with E-state index in [0.29, 0.717) is 22.5 Å². The van der Waals surface area contributed by atoms with Gasteiger partial charge in [-0.1, -0.05) is 23.7 Å². The standard InChI is InChI=1S/C15H15BrClN3O3S/c16-13-5-1-2-6-14(13)24(21,22)20-7-3-4-12(10-20)23-15-18-8-11(17)9-19-15/h1-2,5-6,8-9,12H,3-4,7,10H2. The second kappa shape index (κ2) is 7.35. The molecule has 0 saturated carbocycles. The largest absolute Gasteiger partial charge is 0.459 e. The highest BCUT2D eigenvalue weighted by Gasteiger charge is 2.32. The number of sulfonamides is 1. The van der Waals surface area contributed by atoms with Crippen molar-refractivity contribution in [3.8, 4) is 6.01 Å². The van der Waals surface area contributed by atoms with E-state index >= 15 is 0 Å². The molecule has 2 aromatic rings. The van der Waals surface area contributed by atoms with Crippen molar-refractivity contribution >= 4 is 37.6 Å². The molecule has 0 spiro atoms. The lowest BCUT2D eigenvalue weighted by molar-refractivity contribution is 0.119. The summed E-state index contributed by atoms with van der Waals surface area (Å²) in [5.74, 6) is 0. The van der Waals surface area contributed by atoms with Gasteiger partial charge in [-0.2, -0.15) is 4.31 Å². The summed E-state index contributed by atoms with van der Waals surface area (Å²) in [6.45, 7) is 0.723. The van der Waals surface area contributed by atoms with Crippen LogP contribution in [0.5, 0.6) is 6.01 Å². The van der Waals surface area contributed by atoms with Crippen LogP contribution in [-0.4, -0.2) is 41.9 Å². The molecular weight excluding hydrogens is 418 g/mol. The van der Waals surface area contributed by atoms with E-state index in [-0.39, 0.29) is 23.6 Å². The summed E-state index contributed by atoms with van der Waals surface area (Å²) in [5.41, 5.74) is 0. The third-order valence-electron chi connectivity index (χ3n) is 3.66. The van der Waals surface area contributed by atoms with Crippen LogP contribution in [0.25, 0.3) is 0 Å². The van der Waals surface area contributed by atoms with E-state index in [1.54, 1.807) is 24.3 Å². The molecule has 0 amide bonds. The van der Waals surface area contributed by atoms with E-state index < -0.39 is 10.0 Å². The minimum Gasteiger partial charge on any atom is -0.459 e. The molecule has 9 heteroatoms. The summed E-state index contributed by atoms with van der Waals surface area (Å²) < 4.78 is 33.4.